The summed E-state index contributed by atoms with van der Waals surface area (Å²) >= 11 is 3.50. The topological polar surface area (TPSA) is 39.1 Å². The van der Waals surface area contributed by atoms with Gasteiger partial charge in [0.2, 0.25) is 5.95 Å². The van der Waals surface area contributed by atoms with Gasteiger partial charge in [-0.25, -0.2) is 4.98 Å². The summed E-state index contributed by atoms with van der Waals surface area (Å²) in [7, 11) is 1.67. The number of nitrogens with zero attached hydrogens (tertiary/aromatic N) is 2. The van der Waals surface area contributed by atoms with Gasteiger partial charge in [0.05, 0.1) is 7.11 Å². The second-order valence-electron chi connectivity index (χ2n) is 5.10. The van der Waals surface area contributed by atoms with Crippen LogP contribution in [0.5, 0.6) is 5.75 Å². The van der Waals surface area contributed by atoms with Crippen molar-refractivity contribution in [2.45, 2.75) is 31.7 Å². The molecule has 0 amide bonds. The van der Waals surface area contributed by atoms with Crippen LogP contribution in [0.1, 0.15) is 31.7 Å². The molecule has 1 fully saturated rings. The SMILES string of the molecule is COc1cc(Br)cc(Nc2nccn2C2CCCC2)c1. The molecule has 0 atom stereocenters. The molecule has 1 N–H and O–H groups in total. The van der Waals surface area contributed by atoms with Crippen LogP contribution in [0.25, 0.3) is 0 Å². The molecule has 4 nitrogen and oxygen atoms in total. The van der Waals surface area contributed by atoms with Crippen molar-refractivity contribution < 1.29 is 4.74 Å². The number of ether oxygens (including phenoxy) is 1. The first kappa shape index (κ1) is 13.5. The lowest BCUT2D eigenvalue weighted by molar-refractivity contribution is 0.414. The molecular formula is C15H18BrN3O. The van der Waals surface area contributed by atoms with Crippen molar-refractivity contribution in [2.75, 3.05) is 12.4 Å². The van der Waals surface area contributed by atoms with Gasteiger partial charge in [-0.15, -0.1) is 0 Å². The van der Waals surface area contributed by atoms with E-state index in [2.05, 4.69) is 37.0 Å². The molecule has 0 aliphatic heterocycles. The van der Waals surface area contributed by atoms with Gasteiger partial charge in [-0.2, -0.15) is 0 Å². The number of aromatic nitrogens is 2. The summed E-state index contributed by atoms with van der Waals surface area (Å²) in [6.45, 7) is 0. The highest BCUT2D eigenvalue weighted by Gasteiger charge is 2.19. The minimum absolute atomic E-state index is 0.578. The van der Waals surface area contributed by atoms with Gasteiger partial charge < -0.3 is 14.6 Å². The fraction of sp³-hybridized carbons (Fsp3) is 0.400. The number of hydrogen-bond donors (Lipinski definition) is 1. The van der Waals surface area contributed by atoms with Crippen LogP contribution in [-0.2, 0) is 0 Å². The zero-order valence-electron chi connectivity index (χ0n) is 11.5. The highest BCUT2D eigenvalue weighted by atomic mass is 79.9. The fourth-order valence-corrected chi connectivity index (χ4v) is 3.24. The Morgan fingerprint density at radius 2 is 2.10 bits per heavy atom. The van der Waals surface area contributed by atoms with Crippen molar-refractivity contribution >= 4 is 27.6 Å². The first-order valence-corrected chi connectivity index (χ1v) is 7.70. The number of hydrogen-bond acceptors (Lipinski definition) is 3. The molecule has 1 aromatic heterocycles. The average molecular weight is 336 g/mol. The second kappa shape index (κ2) is 5.87. The highest BCUT2D eigenvalue weighted by molar-refractivity contribution is 9.10. The van der Waals surface area contributed by atoms with E-state index >= 15 is 0 Å². The van der Waals surface area contributed by atoms with Gasteiger partial charge in [-0.3, -0.25) is 0 Å². The molecule has 5 heteroatoms. The number of halogens is 1. The minimum Gasteiger partial charge on any atom is -0.497 e. The smallest absolute Gasteiger partial charge is 0.207 e. The van der Waals surface area contributed by atoms with Gasteiger partial charge in [-0.1, -0.05) is 28.8 Å². The number of imidazole rings is 1. The average Bonchev–Trinajstić information content (AvgIpc) is 3.08. The first-order chi connectivity index (χ1) is 9.76. The van der Waals surface area contributed by atoms with Gasteiger partial charge in [0.15, 0.2) is 0 Å². The normalized spacial score (nSPS) is 15.5. The predicted molar refractivity (Wildman–Crippen MR) is 83.7 cm³/mol. The lowest BCUT2D eigenvalue weighted by Crippen LogP contribution is -2.08. The number of benzene rings is 1. The van der Waals surface area contributed by atoms with E-state index in [-0.39, 0.29) is 0 Å². The molecule has 0 bridgehead atoms. The largest absolute Gasteiger partial charge is 0.497 e. The molecule has 1 aliphatic carbocycles. The van der Waals surface area contributed by atoms with E-state index in [1.807, 2.05) is 24.4 Å². The summed E-state index contributed by atoms with van der Waals surface area (Å²) in [6, 6.07) is 6.51. The van der Waals surface area contributed by atoms with Crippen molar-refractivity contribution in [3.05, 3.63) is 35.1 Å². The number of rotatable bonds is 4. The minimum atomic E-state index is 0.578. The van der Waals surface area contributed by atoms with Gasteiger partial charge in [0.1, 0.15) is 5.75 Å². The van der Waals surface area contributed by atoms with Gasteiger partial charge >= 0.3 is 0 Å². The molecule has 0 saturated heterocycles. The maximum Gasteiger partial charge on any atom is 0.207 e. The Kier molecular flexibility index (Phi) is 3.96. The van der Waals surface area contributed by atoms with Crippen molar-refractivity contribution in [3.63, 3.8) is 0 Å². The van der Waals surface area contributed by atoms with E-state index in [9.17, 15) is 0 Å². The van der Waals surface area contributed by atoms with Crippen LogP contribution in [0.15, 0.2) is 35.1 Å². The van der Waals surface area contributed by atoms with Gasteiger partial charge in [0.25, 0.3) is 0 Å². The molecule has 106 valence electrons. The third-order valence-electron chi connectivity index (χ3n) is 3.75. The molecular weight excluding hydrogens is 318 g/mol. The van der Waals surface area contributed by atoms with Crippen molar-refractivity contribution in [2.24, 2.45) is 0 Å². The standard InChI is InChI=1S/C15H18BrN3O/c1-20-14-9-11(16)8-12(10-14)18-15-17-6-7-19(15)13-4-2-3-5-13/h6-10,13H,2-5H2,1H3,(H,17,18). The lowest BCUT2D eigenvalue weighted by Gasteiger charge is -2.16. The predicted octanol–water partition coefficient (Wildman–Crippen LogP) is 4.51. The van der Waals surface area contributed by atoms with Crippen LogP contribution in [-0.4, -0.2) is 16.7 Å². The van der Waals surface area contributed by atoms with Gasteiger partial charge in [0, 0.05) is 34.7 Å². The highest BCUT2D eigenvalue weighted by Crippen LogP contribution is 2.33. The second-order valence-corrected chi connectivity index (χ2v) is 6.02. The van der Waals surface area contributed by atoms with Crippen LogP contribution < -0.4 is 10.1 Å². The molecule has 1 heterocycles. The van der Waals surface area contributed by atoms with Crippen molar-refractivity contribution in [3.8, 4) is 5.75 Å². The van der Waals surface area contributed by atoms with E-state index in [1.165, 1.54) is 25.7 Å². The summed E-state index contributed by atoms with van der Waals surface area (Å²) in [4.78, 5) is 4.44. The van der Waals surface area contributed by atoms with E-state index in [1.54, 1.807) is 7.11 Å². The Hall–Kier alpha value is -1.49. The van der Waals surface area contributed by atoms with Crippen molar-refractivity contribution in [1.82, 2.24) is 9.55 Å². The van der Waals surface area contributed by atoms with Crippen LogP contribution >= 0.6 is 15.9 Å². The zero-order chi connectivity index (χ0) is 13.9. The summed E-state index contributed by atoms with van der Waals surface area (Å²) in [5, 5.41) is 3.39. The fourth-order valence-electron chi connectivity index (χ4n) is 2.77. The van der Waals surface area contributed by atoms with E-state index in [0.29, 0.717) is 6.04 Å². The van der Waals surface area contributed by atoms with Crippen LogP contribution in [0.2, 0.25) is 0 Å². The van der Waals surface area contributed by atoms with Crippen molar-refractivity contribution in [1.29, 1.82) is 0 Å². The third kappa shape index (κ3) is 2.82. The van der Waals surface area contributed by atoms with Crippen LogP contribution in [0.4, 0.5) is 11.6 Å². The lowest BCUT2D eigenvalue weighted by atomic mass is 10.2. The van der Waals surface area contributed by atoms with E-state index in [0.717, 1.165) is 21.9 Å². The Balaban J connectivity index is 1.84. The summed E-state index contributed by atoms with van der Waals surface area (Å²) in [5.41, 5.74) is 0.974. The molecule has 1 aliphatic rings. The zero-order valence-corrected chi connectivity index (χ0v) is 13.1. The quantitative estimate of drug-likeness (QED) is 0.893. The van der Waals surface area contributed by atoms with E-state index < -0.39 is 0 Å². The van der Waals surface area contributed by atoms with Crippen LogP contribution in [0, 0.1) is 0 Å². The Morgan fingerprint density at radius 1 is 1.30 bits per heavy atom. The molecule has 20 heavy (non-hydrogen) atoms. The number of nitrogens with one attached hydrogen (secondary N) is 1. The Bertz CT molecular complexity index is 591. The molecule has 1 saturated carbocycles. The third-order valence-corrected chi connectivity index (χ3v) is 4.21. The maximum absolute atomic E-state index is 5.29. The van der Waals surface area contributed by atoms with Crippen LogP contribution in [0.3, 0.4) is 0 Å². The number of anilines is 2. The van der Waals surface area contributed by atoms with Gasteiger partial charge in [-0.05, 0) is 25.0 Å². The Labute approximate surface area is 127 Å². The number of methoxy groups -OCH3 is 1. The molecule has 2 aromatic rings. The molecule has 0 spiro atoms. The molecule has 1 aromatic carbocycles. The Morgan fingerprint density at radius 3 is 2.85 bits per heavy atom. The summed E-state index contributed by atoms with van der Waals surface area (Å²) < 4.78 is 8.52. The van der Waals surface area contributed by atoms with E-state index in [4.69, 9.17) is 4.74 Å². The molecule has 0 unspecified atom stereocenters. The molecule has 0 radical (unpaired) electrons. The molecule has 3 rings (SSSR count). The summed E-state index contributed by atoms with van der Waals surface area (Å²) in [6.07, 6.45) is 9.03. The monoisotopic (exact) mass is 335 g/mol. The maximum atomic E-state index is 5.29. The summed E-state index contributed by atoms with van der Waals surface area (Å²) in [5.74, 6) is 1.72. The first-order valence-electron chi connectivity index (χ1n) is 6.91.